The Hall–Kier alpha value is -1.33. The zero-order valence-corrected chi connectivity index (χ0v) is 8.53. The fourth-order valence-corrected chi connectivity index (χ4v) is 1.24. The molecule has 1 atom stereocenters. The summed E-state index contributed by atoms with van der Waals surface area (Å²) in [4.78, 5) is 4.24. The molecule has 0 aliphatic heterocycles. The van der Waals surface area contributed by atoms with Crippen LogP contribution >= 0.6 is 0 Å². The Morgan fingerprint density at radius 2 is 2.43 bits per heavy atom. The van der Waals surface area contributed by atoms with Crippen molar-refractivity contribution in [2.45, 2.75) is 25.8 Å². The molecule has 1 heterocycles. The maximum Gasteiger partial charge on any atom is 0.0742 e. The van der Waals surface area contributed by atoms with Crippen LogP contribution in [-0.4, -0.2) is 17.6 Å². The van der Waals surface area contributed by atoms with Crippen LogP contribution < -0.4 is 5.32 Å². The molecule has 0 spiro atoms. The van der Waals surface area contributed by atoms with Gasteiger partial charge >= 0.3 is 0 Å². The summed E-state index contributed by atoms with van der Waals surface area (Å²) in [6.07, 6.45) is 9.12. The SMILES string of the molecule is C#CC(Cc1ccccn1)NCCC. The van der Waals surface area contributed by atoms with Crippen molar-refractivity contribution in [3.05, 3.63) is 30.1 Å². The monoisotopic (exact) mass is 188 g/mol. The smallest absolute Gasteiger partial charge is 0.0742 e. The maximum absolute atomic E-state index is 5.42. The molecule has 0 aromatic carbocycles. The van der Waals surface area contributed by atoms with Crippen LogP contribution in [0.3, 0.4) is 0 Å². The third-order valence-electron chi connectivity index (χ3n) is 1.98. The minimum atomic E-state index is 0.102. The second-order valence-corrected chi connectivity index (χ2v) is 3.20. The van der Waals surface area contributed by atoms with Gasteiger partial charge in [0.2, 0.25) is 0 Å². The lowest BCUT2D eigenvalue weighted by Gasteiger charge is -2.11. The van der Waals surface area contributed by atoms with Gasteiger partial charge in [-0.3, -0.25) is 4.98 Å². The Kier molecular flexibility index (Phi) is 4.74. The Morgan fingerprint density at radius 1 is 1.57 bits per heavy atom. The molecule has 0 fully saturated rings. The normalized spacial score (nSPS) is 12.0. The lowest BCUT2D eigenvalue weighted by molar-refractivity contribution is 0.593. The number of rotatable bonds is 5. The average Bonchev–Trinajstić information content (AvgIpc) is 2.25. The predicted molar refractivity (Wildman–Crippen MR) is 58.9 cm³/mol. The van der Waals surface area contributed by atoms with E-state index in [2.05, 4.69) is 23.1 Å². The molecule has 2 nitrogen and oxygen atoms in total. The summed E-state index contributed by atoms with van der Waals surface area (Å²) in [6, 6.07) is 5.99. The molecule has 1 aromatic rings. The van der Waals surface area contributed by atoms with Crippen molar-refractivity contribution in [3.63, 3.8) is 0 Å². The van der Waals surface area contributed by atoms with Gasteiger partial charge in [-0.15, -0.1) is 6.42 Å². The topological polar surface area (TPSA) is 24.9 Å². The minimum absolute atomic E-state index is 0.102. The third kappa shape index (κ3) is 3.59. The molecule has 0 radical (unpaired) electrons. The van der Waals surface area contributed by atoms with Gasteiger partial charge in [0.05, 0.1) is 6.04 Å². The van der Waals surface area contributed by atoms with E-state index >= 15 is 0 Å². The Labute approximate surface area is 85.8 Å². The van der Waals surface area contributed by atoms with E-state index in [9.17, 15) is 0 Å². The summed E-state index contributed by atoms with van der Waals surface area (Å²) in [5.74, 6) is 2.73. The zero-order chi connectivity index (χ0) is 10.2. The van der Waals surface area contributed by atoms with Gasteiger partial charge in [-0.1, -0.05) is 18.9 Å². The van der Waals surface area contributed by atoms with E-state index in [4.69, 9.17) is 6.42 Å². The van der Waals surface area contributed by atoms with Crippen LogP contribution in [-0.2, 0) is 6.42 Å². The van der Waals surface area contributed by atoms with Gasteiger partial charge in [0.25, 0.3) is 0 Å². The van der Waals surface area contributed by atoms with E-state index in [0.717, 1.165) is 25.1 Å². The van der Waals surface area contributed by atoms with Crippen LogP contribution in [0.15, 0.2) is 24.4 Å². The summed E-state index contributed by atoms with van der Waals surface area (Å²) in [6.45, 7) is 3.09. The molecule has 0 bridgehead atoms. The fraction of sp³-hybridized carbons (Fsp3) is 0.417. The second-order valence-electron chi connectivity index (χ2n) is 3.20. The standard InChI is InChI=1S/C12H16N2/c1-3-8-13-11(4-2)10-12-7-5-6-9-14-12/h2,5-7,9,11,13H,3,8,10H2,1H3. The summed E-state index contributed by atoms with van der Waals surface area (Å²) < 4.78 is 0. The highest BCUT2D eigenvalue weighted by Crippen LogP contribution is 1.98. The van der Waals surface area contributed by atoms with Crippen LogP contribution in [0.5, 0.6) is 0 Å². The van der Waals surface area contributed by atoms with Crippen molar-refractivity contribution in [3.8, 4) is 12.3 Å². The van der Waals surface area contributed by atoms with Crippen LogP contribution in [0.1, 0.15) is 19.0 Å². The lowest BCUT2D eigenvalue weighted by atomic mass is 10.1. The van der Waals surface area contributed by atoms with E-state index in [0.29, 0.717) is 0 Å². The predicted octanol–water partition coefficient (Wildman–Crippen LogP) is 1.63. The third-order valence-corrected chi connectivity index (χ3v) is 1.98. The Morgan fingerprint density at radius 3 is 3.00 bits per heavy atom. The number of aromatic nitrogens is 1. The summed E-state index contributed by atoms with van der Waals surface area (Å²) >= 11 is 0. The van der Waals surface area contributed by atoms with Gasteiger partial charge in [0.1, 0.15) is 0 Å². The fourth-order valence-electron chi connectivity index (χ4n) is 1.24. The van der Waals surface area contributed by atoms with Gasteiger partial charge in [-0.05, 0) is 25.1 Å². The average molecular weight is 188 g/mol. The molecule has 0 amide bonds. The highest BCUT2D eigenvalue weighted by molar-refractivity contribution is 5.10. The van der Waals surface area contributed by atoms with Crippen LogP contribution in [0.25, 0.3) is 0 Å². The minimum Gasteiger partial charge on any atom is -0.303 e. The molecule has 1 N–H and O–H groups in total. The number of nitrogens with one attached hydrogen (secondary N) is 1. The molecule has 1 rings (SSSR count). The van der Waals surface area contributed by atoms with Crippen molar-refractivity contribution in [2.24, 2.45) is 0 Å². The molecule has 0 saturated carbocycles. The van der Waals surface area contributed by atoms with Crippen LogP contribution in [0.2, 0.25) is 0 Å². The summed E-state index contributed by atoms with van der Waals surface area (Å²) in [5.41, 5.74) is 1.04. The molecule has 74 valence electrons. The first-order valence-corrected chi connectivity index (χ1v) is 4.96. The molecule has 0 saturated heterocycles. The summed E-state index contributed by atoms with van der Waals surface area (Å²) in [5, 5.41) is 3.29. The van der Waals surface area contributed by atoms with Crippen molar-refractivity contribution in [1.29, 1.82) is 0 Å². The van der Waals surface area contributed by atoms with Crippen LogP contribution in [0.4, 0.5) is 0 Å². The Balaban J connectivity index is 2.46. The number of terminal acetylenes is 1. The van der Waals surface area contributed by atoms with E-state index in [1.54, 1.807) is 6.20 Å². The Bertz CT molecular complexity index is 287. The van der Waals surface area contributed by atoms with E-state index in [1.807, 2.05) is 18.2 Å². The molecule has 2 heteroatoms. The first kappa shape index (κ1) is 10.7. The van der Waals surface area contributed by atoms with E-state index in [1.165, 1.54) is 0 Å². The molecule has 1 unspecified atom stereocenters. The zero-order valence-electron chi connectivity index (χ0n) is 8.53. The molecule has 0 aliphatic rings. The first-order chi connectivity index (χ1) is 6.86. The molecular weight excluding hydrogens is 172 g/mol. The van der Waals surface area contributed by atoms with E-state index < -0.39 is 0 Å². The molecule has 14 heavy (non-hydrogen) atoms. The first-order valence-electron chi connectivity index (χ1n) is 4.96. The van der Waals surface area contributed by atoms with Gasteiger partial charge in [-0.2, -0.15) is 0 Å². The number of pyridine rings is 1. The van der Waals surface area contributed by atoms with Crippen molar-refractivity contribution in [1.82, 2.24) is 10.3 Å². The largest absolute Gasteiger partial charge is 0.303 e. The molecular formula is C12H16N2. The number of hydrogen-bond acceptors (Lipinski definition) is 2. The number of nitrogens with zero attached hydrogens (tertiary/aromatic N) is 1. The quantitative estimate of drug-likeness (QED) is 0.710. The number of hydrogen-bond donors (Lipinski definition) is 1. The van der Waals surface area contributed by atoms with Crippen molar-refractivity contribution >= 4 is 0 Å². The van der Waals surface area contributed by atoms with Crippen molar-refractivity contribution in [2.75, 3.05) is 6.54 Å². The highest BCUT2D eigenvalue weighted by Gasteiger charge is 2.04. The van der Waals surface area contributed by atoms with Crippen LogP contribution in [0, 0.1) is 12.3 Å². The molecule has 0 aliphatic carbocycles. The van der Waals surface area contributed by atoms with Crippen molar-refractivity contribution < 1.29 is 0 Å². The highest BCUT2D eigenvalue weighted by atomic mass is 14.9. The van der Waals surface area contributed by atoms with Gasteiger partial charge in [0.15, 0.2) is 0 Å². The van der Waals surface area contributed by atoms with Gasteiger partial charge in [0, 0.05) is 18.3 Å². The second kappa shape index (κ2) is 6.17. The van der Waals surface area contributed by atoms with E-state index in [-0.39, 0.29) is 6.04 Å². The van der Waals surface area contributed by atoms with Gasteiger partial charge in [-0.25, -0.2) is 0 Å². The molecule has 1 aromatic heterocycles. The maximum atomic E-state index is 5.42. The summed E-state index contributed by atoms with van der Waals surface area (Å²) in [7, 11) is 0. The van der Waals surface area contributed by atoms with Gasteiger partial charge < -0.3 is 5.32 Å². The lowest BCUT2D eigenvalue weighted by Crippen LogP contribution is -2.30.